The molecule has 1 fully saturated rings. The Bertz CT molecular complexity index is 1810. The molecule has 1 aromatic carbocycles. The predicted molar refractivity (Wildman–Crippen MR) is 244 cm³/mol. The second-order valence-electron chi connectivity index (χ2n) is 17.6. The van der Waals surface area contributed by atoms with Crippen molar-refractivity contribution in [1.82, 2.24) is 42.1 Å². The van der Waals surface area contributed by atoms with E-state index in [4.69, 9.17) is 0 Å². The van der Waals surface area contributed by atoms with Crippen molar-refractivity contribution in [3.8, 4) is 5.75 Å². The summed E-state index contributed by atoms with van der Waals surface area (Å²) in [6.45, 7) is 11.1. The zero-order valence-corrected chi connectivity index (χ0v) is 39.7. The van der Waals surface area contributed by atoms with Gasteiger partial charge in [-0.1, -0.05) is 71.4 Å². The lowest BCUT2D eigenvalue weighted by atomic mass is 10.0. The fourth-order valence-electron chi connectivity index (χ4n) is 7.43. The first kappa shape index (κ1) is 56.5. The summed E-state index contributed by atoms with van der Waals surface area (Å²) in [4.78, 5) is 120. The van der Waals surface area contributed by atoms with Gasteiger partial charge in [0.1, 0.15) is 42.0 Å². The van der Waals surface area contributed by atoms with Gasteiger partial charge >= 0.3 is 0 Å². The average molecular weight is 931 g/mol. The van der Waals surface area contributed by atoms with Crippen LogP contribution in [0.25, 0.3) is 0 Å². The minimum atomic E-state index is -1.63. The molecule has 2 rings (SSSR count). The molecule has 9 atom stereocenters. The lowest BCUT2D eigenvalue weighted by Gasteiger charge is -2.32. The normalized spacial score (nSPS) is 17.1. The van der Waals surface area contributed by atoms with Crippen LogP contribution in [-0.4, -0.2) is 141 Å². The summed E-state index contributed by atoms with van der Waals surface area (Å²) in [6, 6.07) is -3.50. The van der Waals surface area contributed by atoms with Crippen molar-refractivity contribution in [2.24, 2.45) is 5.92 Å². The van der Waals surface area contributed by atoms with Crippen LogP contribution < -0.4 is 37.2 Å². The van der Waals surface area contributed by atoms with Crippen LogP contribution in [0.2, 0.25) is 0 Å². The molecule has 8 amide bonds. The van der Waals surface area contributed by atoms with Gasteiger partial charge in [0.25, 0.3) is 5.91 Å². The van der Waals surface area contributed by atoms with Crippen molar-refractivity contribution in [2.75, 3.05) is 13.6 Å². The number of likely N-dealkylation sites (N-methyl/N-ethyl adjacent to an activating group) is 1. The number of aliphatic hydroxyl groups excluding tert-OH is 2. The number of hydrogen-bond acceptors (Lipinski definition) is 12. The second kappa shape index (κ2) is 28.4. The maximum absolute atomic E-state index is 14.0. The largest absolute Gasteiger partial charge is 0.508 e. The SMILES string of the molecule is CCCCCCCCCC(=O)N[C@@H](CC(C)C)C(=O)N[C@H](C(=O)N1CCC[C@@H]1C(=O)N[C@H](C(=O)N[C@@H](C)C(=O)N[C@@H](Cc1ccc(O)cc1)C(=O)NC(C)C(=O)C(=O)NC)[C@@H](C)O)C(C)O. The molecule has 1 aliphatic rings. The Hall–Kier alpha value is -5.63. The van der Waals surface area contributed by atoms with Crippen molar-refractivity contribution in [3.63, 3.8) is 0 Å². The van der Waals surface area contributed by atoms with Crippen LogP contribution in [0, 0.1) is 5.92 Å². The molecule has 1 saturated heterocycles. The number of unbranched alkanes of at least 4 members (excludes halogenated alkanes) is 6. The first-order chi connectivity index (χ1) is 31.1. The number of rotatable bonds is 28. The zero-order chi connectivity index (χ0) is 49.7. The van der Waals surface area contributed by atoms with Gasteiger partial charge in [-0.3, -0.25) is 43.2 Å². The summed E-state index contributed by atoms with van der Waals surface area (Å²) >= 11 is 0. The molecule has 0 saturated carbocycles. The van der Waals surface area contributed by atoms with Crippen molar-refractivity contribution in [3.05, 3.63) is 29.8 Å². The Labute approximate surface area is 387 Å². The lowest BCUT2D eigenvalue weighted by molar-refractivity contribution is -0.145. The highest BCUT2D eigenvalue weighted by atomic mass is 16.3. The molecule has 0 aliphatic carbocycles. The topological polar surface area (TPSA) is 302 Å². The van der Waals surface area contributed by atoms with Crippen LogP contribution >= 0.6 is 0 Å². The Balaban J connectivity index is 2.15. The van der Waals surface area contributed by atoms with Crippen LogP contribution in [0.5, 0.6) is 5.75 Å². The van der Waals surface area contributed by atoms with Crippen molar-refractivity contribution < 1.29 is 58.5 Å². The van der Waals surface area contributed by atoms with E-state index in [1.807, 2.05) is 13.8 Å². The molecular weight excluding hydrogens is 857 g/mol. The number of likely N-dealkylation sites (tertiary alicyclic amines) is 1. The quantitative estimate of drug-likeness (QED) is 0.0397. The lowest BCUT2D eigenvalue weighted by Crippen LogP contribution is -2.62. The summed E-state index contributed by atoms with van der Waals surface area (Å²) < 4.78 is 0. The molecule has 20 heteroatoms. The van der Waals surface area contributed by atoms with Crippen LogP contribution in [0.15, 0.2) is 24.3 Å². The molecule has 0 aromatic heterocycles. The van der Waals surface area contributed by atoms with E-state index in [0.29, 0.717) is 18.4 Å². The van der Waals surface area contributed by atoms with Gasteiger partial charge in [-0.15, -0.1) is 0 Å². The first-order valence-corrected chi connectivity index (χ1v) is 23.1. The van der Waals surface area contributed by atoms with E-state index in [1.165, 1.54) is 70.3 Å². The van der Waals surface area contributed by atoms with Crippen LogP contribution in [-0.2, 0) is 49.6 Å². The highest BCUT2D eigenvalue weighted by Gasteiger charge is 2.42. The molecule has 0 bridgehead atoms. The van der Waals surface area contributed by atoms with Gasteiger partial charge in [-0.05, 0) is 77.0 Å². The number of aliphatic hydroxyl groups is 2. The fraction of sp³-hybridized carbons (Fsp3) is 0.674. The van der Waals surface area contributed by atoms with Gasteiger partial charge in [-0.2, -0.15) is 0 Å². The number of carbonyl (C=O) groups excluding carboxylic acids is 9. The van der Waals surface area contributed by atoms with E-state index in [1.54, 1.807) is 0 Å². The number of carbonyl (C=O) groups is 9. The van der Waals surface area contributed by atoms with E-state index < -0.39 is 102 Å². The van der Waals surface area contributed by atoms with Crippen molar-refractivity contribution >= 4 is 53.0 Å². The molecule has 2 unspecified atom stereocenters. The molecule has 1 aromatic rings. The Morgan fingerprint density at radius 3 is 1.82 bits per heavy atom. The van der Waals surface area contributed by atoms with Crippen molar-refractivity contribution in [1.29, 1.82) is 0 Å². The van der Waals surface area contributed by atoms with Gasteiger partial charge in [0.15, 0.2) is 0 Å². The zero-order valence-electron chi connectivity index (χ0n) is 39.7. The number of Topliss-reactive ketones (excluding diaryl/α,β-unsaturated/α-hetero) is 1. The monoisotopic (exact) mass is 931 g/mol. The van der Waals surface area contributed by atoms with Gasteiger partial charge in [0, 0.05) is 26.4 Å². The number of nitrogens with one attached hydrogen (secondary N) is 7. The van der Waals surface area contributed by atoms with E-state index >= 15 is 0 Å². The van der Waals surface area contributed by atoms with E-state index in [0.717, 1.165) is 32.1 Å². The summed E-state index contributed by atoms with van der Waals surface area (Å²) in [5.74, 6) is -7.18. The first-order valence-electron chi connectivity index (χ1n) is 23.1. The molecule has 10 N–H and O–H groups in total. The van der Waals surface area contributed by atoms with Gasteiger partial charge in [0.2, 0.25) is 47.1 Å². The molecule has 0 radical (unpaired) electrons. The van der Waals surface area contributed by atoms with E-state index in [9.17, 15) is 58.5 Å². The molecular formula is C46H74N8O12. The van der Waals surface area contributed by atoms with E-state index in [-0.39, 0.29) is 49.8 Å². The van der Waals surface area contributed by atoms with Crippen LogP contribution in [0.3, 0.4) is 0 Å². The number of hydrogen-bond donors (Lipinski definition) is 10. The number of phenolic OH excluding ortho intramolecular Hbond substituents is 1. The average Bonchev–Trinajstić information content (AvgIpc) is 3.76. The standard InChI is InChI=1S/C46H74N8O12/c1-9-10-11-12-13-14-15-18-36(58)50-33(24-26(2)3)42(62)53-38(30(7)56)46(66)54-23-16-17-35(54)43(63)52-37(29(6)55)44(64)49-28(5)40(60)51-34(25-31-19-21-32(57)22-20-31)41(61)48-27(4)39(59)45(65)47-8/h19-22,26-30,33-35,37-38,55-57H,9-18,23-25H2,1-8H3,(H,47,65)(H,48,61)(H,49,64)(H,50,58)(H,51,60)(H,52,63)(H,53,62)/t27?,28-,29+,30?,33-,34-,35+,37-,38-/m0/s1. The van der Waals surface area contributed by atoms with Crippen LogP contribution in [0.1, 0.15) is 125 Å². The van der Waals surface area contributed by atoms with Gasteiger partial charge < -0.3 is 57.4 Å². The van der Waals surface area contributed by atoms with Gasteiger partial charge in [-0.25, -0.2) is 0 Å². The smallest absolute Gasteiger partial charge is 0.289 e. The van der Waals surface area contributed by atoms with Crippen molar-refractivity contribution in [2.45, 2.75) is 180 Å². The number of benzene rings is 1. The Kier molecular flexibility index (Phi) is 24.3. The maximum Gasteiger partial charge on any atom is 0.289 e. The second-order valence-corrected chi connectivity index (χ2v) is 17.6. The summed E-state index contributed by atoms with van der Waals surface area (Å²) in [5.41, 5.74) is 0.502. The van der Waals surface area contributed by atoms with Gasteiger partial charge in [0.05, 0.1) is 18.2 Å². The molecule has 20 nitrogen and oxygen atoms in total. The third-order valence-electron chi connectivity index (χ3n) is 11.3. The highest BCUT2D eigenvalue weighted by Crippen LogP contribution is 2.21. The summed E-state index contributed by atoms with van der Waals surface area (Å²) in [7, 11) is 1.25. The number of ketones is 1. The Morgan fingerprint density at radius 1 is 0.667 bits per heavy atom. The molecule has 66 heavy (non-hydrogen) atoms. The third kappa shape index (κ3) is 18.7. The molecule has 370 valence electrons. The molecule has 1 aliphatic heterocycles. The predicted octanol–water partition coefficient (Wildman–Crippen LogP) is 0.138. The molecule has 0 spiro atoms. The van der Waals surface area contributed by atoms with Crippen LogP contribution in [0.4, 0.5) is 0 Å². The summed E-state index contributed by atoms with van der Waals surface area (Å²) in [5, 5.41) is 48.4. The third-order valence-corrected chi connectivity index (χ3v) is 11.3. The summed E-state index contributed by atoms with van der Waals surface area (Å²) in [6.07, 6.45) is 5.12. The number of amides is 8. The number of nitrogens with zero attached hydrogens (tertiary/aromatic N) is 1. The minimum absolute atomic E-state index is 0.00681. The Morgan fingerprint density at radius 2 is 1.24 bits per heavy atom. The minimum Gasteiger partial charge on any atom is -0.508 e. The fourth-order valence-corrected chi connectivity index (χ4v) is 7.43. The highest BCUT2D eigenvalue weighted by molar-refractivity contribution is 6.38. The molecule has 1 heterocycles. The number of phenols is 1. The van der Waals surface area contributed by atoms with E-state index in [2.05, 4.69) is 44.1 Å². The maximum atomic E-state index is 14.0. The number of aromatic hydroxyl groups is 1.